The maximum atomic E-state index is 12.7. The lowest BCUT2D eigenvalue weighted by Crippen LogP contribution is -2.37. The number of hydrogen-bond donors (Lipinski definition) is 3. The quantitative estimate of drug-likeness (QED) is 0.759. The number of piperidine rings is 1. The molecule has 6 heteroatoms. The second kappa shape index (κ2) is 8.23. The minimum Gasteiger partial charge on any atom is -0.347 e. The van der Waals surface area contributed by atoms with Gasteiger partial charge in [-0.1, -0.05) is 30.7 Å². The van der Waals surface area contributed by atoms with Crippen LogP contribution in [0.15, 0.2) is 24.3 Å². The van der Waals surface area contributed by atoms with Crippen LogP contribution in [0.3, 0.4) is 0 Å². The van der Waals surface area contributed by atoms with Crippen molar-refractivity contribution in [2.45, 2.75) is 58.3 Å². The Labute approximate surface area is 160 Å². The Morgan fingerprint density at radius 3 is 3.00 bits per heavy atom. The molecular formula is C21H29N5O. The lowest BCUT2D eigenvalue weighted by atomic mass is 10.0. The SMILES string of the molecule is CC1CCCCN1Cc1ccccc1CNC(=O)c1n[nH]c2c1CNCC2. The highest BCUT2D eigenvalue weighted by molar-refractivity contribution is 5.94. The third kappa shape index (κ3) is 4.06. The van der Waals surface area contributed by atoms with Crippen LogP contribution >= 0.6 is 0 Å². The highest BCUT2D eigenvalue weighted by Crippen LogP contribution is 2.21. The van der Waals surface area contributed by atoms with Crippen LogP contribution in [0.5, 0.6) is 0 Å². The first-order valence-corrected chi connectivity index (χ1v) is 10.1. The molecule has 0 bridgehead atoms. The van der Waals surface area contributed by atoms with Crippen molar-refractivity contribution < 1.29 is 4.79 Å². The molecule has 1 saturated heterocycles. The molecule has 0 radical (unpaired) electrons. The number of rotatable bonds is 5. The molecular weight excluding hydrogens is 338 g/mol. The summed E-state index contributed by atoms with van der Waals surface area (Å²) in [4.78, 5) is 15.2. The maximum Gasteiger partial charge on any atom is 0.272 e. The topological polar surface area (TPSA) is 73.0 Å². The van der Waals surface area contributed by atoms with Crippen LogP contribution < -0.4 is 10.6 Å². The largest absolute Gasteiger partial charge is 0.347 e. The van der Waals surface area contributed by atoms with Crippen molar-refractivity contribution in [3.8, 4) is 0 Å². The molecule has 1 aromatic heterocycles. The van der Waals surface area contributed by atoms with Gasteiger partial charge < -0.3 is 10.6 Å². The lowest BCUT2D eigenvalue weighted by molar-refractivity contribution is 0.0944. The molecule has 0 aliphatic carbocycles. The van der Waals surface area contributed by atoms with E-state index < -0.39 is 0 Å². The van der Waals surface area contributed by atoms with Crippen LogP contribution in [0.25, 0.3) is 0 Å². The zero-order valence-corrected chi connectivity index (χ0v) is 16.1. The van der Waals surface area contributed by atoms with Gasteiger partial charge in [0.25, 0.3) is 5.91 Å². The van der Waals surface area contributed by atoms with Crippen molar-refractivity contribution in [2.75, 3.05) is 13.1 Å². The van der Waals surface area contributed by atoms with Gasteiger partial charge in [-0.05, 0) is 37.4 Å². The molecule has 144 valence electrons. The van der Waals surface area contributed by atoms with Gasteiger partial charge in [-0.15, -0.1) is 0 Å². The van der Waals surface area contributed by atoms with Crippen molar-refractivity contribution >= 4 is 5.91 Å². The average Bonchev–Trinajstić information content (AvgIpc) is 3.13. The first-order valence-electron chi connectivity index (χ1n) is 10.1. The normalized spacial score (nSPS) is 20.3. The van der Waals surface area contributed by atoms with Crippen molar-refractivity contribution in [3.63, 3.8) is 0 Å². The third-order valence-electron chi connectivity index (χ3n) is 5.89. The molecule has 0 spiro atoms. The number of aromatic amines is 1. The van der Waals surface area contributed by atoms with Gasteiger partial charge in [-0.25, -0.2) is 0 Å². The second-order valence-corrected chi connectivity index (χ2v) is 7.72. The molecule has 1 aromatic carbocycles. The molecule has 1 fully saturated rings. The molecule has 2 aromatic rings. The number of nitrogens with zero attached hydrogens (tertiary/aromatic N) is 2. The Balaban J connectivity index is 1.42. The minimum absolute atomic E-state index is 0.0997. The Morgan fingerprint density at radius 1 is 1.30 bits per heavy atom. The fourth-order valence-electron chi connectivity index (χ4n) is 4.17. The first-order chi connectivity index (χ1) is 13.2. The summed E-state index contributed by atoms with van der Waals surface area (Å²) in [7, 11) is 0. The van der Waals surface area contributed by atoms with E-state index in [0.717, 1.165) is 37.3 Å². The predicted molar refractivity (Wildman–Crippen MR) is 105 cm³/mol. The number of amides is 1. The number of aromatic nitrogens is 2. The summed E-state index contributed by atoms with van der Waals surface area (Å²) in [5.74, 6) is -0.0997. The average molecular weight is 367 g/mol. The first kappa shape index (κ1) is 18.2. The van der Waals surface area contributed by atoms with Crippen molar-refractivity contribution in [1.82, 2.24) is 25.7 Å². The molecule has 1 unspecified atom stereocenters. The standard InChI is InChI=1S/C21H29N5O/c1-15-6-4-5-11-26(15)14-17-8-3-2-7-16(17)12-23-21(27)20-18-13-22-10-9-19(18)24-25-20/h2-3,7-8,15,22H,4-6,9-14H2,1H3,(H,23,27)(H,24,25). The predicted octanol–water partition coefficient (Wildman–Crippen LogP) is 2.36. The van der Waals surface area contributed by atoms with E-state index in [0.29, 0.717) is 24.8 Å². The summed E-state index contributed by atoms with van der Waals surface area (Å²) in [5.41, 5.74) is 5.11. The minimum atomic E-state index is -0.0997. The van der Waals surface area contributed by atoms with Crippen LogP contribution in [-0.4, -0.2) is 40.1 Å². The maximum absolute atomic E-state index is 12.7. The number of likely N-dealkylation sites (tertiary alicyclic amines) is 1. The molecule has 2 aliphatic heterocycles. The highest BCUT2D eigenvalue weighted by Gasteiger charge is 2.22. The van der Waals surface area contributed by atoms with E-state index in [1.807, 2.05) is 6.07 Å². The molecule has 3 N–H and O–H groups in total. The smallest absolute Gasteiger partial charge is 0.272 e. The number of carbonyl (C=O) groups is 1. The number of carbonyl (C=O) groups excluding carboxylic acids is 1. The highest BCUT2D eigenvalue weighted by atomic mass is 16.1. The summed E-state index contributed by atoms with van der Waals surface area (Å²) in [6.45, 7) is 6.60. The molecule has 2 aliphatic rings. The fraction of sp³-hybridized carbons (Fsp3) is 0.524. The molecule has 6 nitrogen and oxygen atoms in total. The summed E-state index contributed by atoms with van der Waals surface area (Å²) >= 11 is 0. The number of hydrogen-bond acceptors (Lipinski definition) is 4. The number of fused-ring (bicyclic) bond motifs is 1. The van der Waals surface area contributed by atoms with Gasteiger partial charge in [0.1, 0.15) is 0 Å². The van der Waals surface area contributed by atoms with Crippen molar-refractivity contribution in [1.29, 1.82) is 0 Å². The summed E-state index contributed by atoms with van der Waals surface area (Å²) in [6.07, 6.45) is 4.78. The van der Waals surface area contributed by atoms with E-state index in [-0.39, 0.29) is 5.91 Å². The van der Waals surface area contributed by atoms with E-state index in [1.54, 1.807) is 0 Å². The Bertz CT molecular complexity index is 800. The van der Waals surface area contributed by atoms with Gasteiger partial charge in [0.2, 0.25) is 0 Å². The number of benzene rings is 1. The van der Waals surface area contributed by atoms with Crippen LogP contribution in [0.2, 0.25) is 0 Å². The van der Waals surface area contributed by atoms with Gasteiger partial charge in [-0.3, -0.25) is 14.8 Å². The van der Waals surface area contributed by atoms with E-state index in [2.05, 4.69) is 50.9 Å². The zero-order chi connectivity index (χ0) is 18.6. The monoisotopic (exact) mass is 367 g/mol. The fourth-order valence-corrected chi connectivity index (χ4v) is 4.17. The van der Waals surface area contributed by atoms with Crippen LogP contribution in [0.1, 0.15) is 59.1 Å². The molecule has 1 amide bonds. The Hall–Kier alpha value is -2.18. The molecule has 3 heterocycles. The molecule has 27 heavy (non-hydrogen) atoms. The number of nitrogens with one attached hydrogen (secondary N) is 3. The second-order valence-electron chi connectivity index (χ2n) is 7.72. The Kier molecular flexibility index (Phi) is 5.55. The number of H-pyrrole nitrogens is 1. The summed E-state index contributed by atoms with van der Waals surface area (Å²) < 4.78 is 0. The summed E-state index contributed by atoms with van der Waals surface area (Å²) in [6, 6.07) is 9.06. The van der Waals surface area contributed by atoms with E-state index in [4.69, 9.17) is 0 Å². The van der Waals surface area contributed by atoms with E-state index in [1.165, 1.54) is 30.4 Å². The van der Waals surface area contributed by atoms with Gasteiger partial charge in [0.15, 0.2) is 5.69 Å². The lowest BCUT2D eigenvalue weighted by Gasteiger charge is -2.33. The van der Waals surface area contributed by atoms with Gasteiger partial charge in [0, 0.05) is 49.9 Å². The molecule has 1 atom stereocenters. The van der Waals surface area contributed by atoms with Gasteiger partial charge in [-0.2, -0.15) is 5.10 Å². The van der Waals surface area contributed by atoms with Crippen LogP contribution in [0.4, 0.5) is 0 Å². The van der Waals surface area contributed by atoms with Crippen molar-refractivity contribution in [3.05, 3.63) is 52.3 Å². The van der Waals surface area contributed by atoms with Gasteiger partial charge >= 0.3 is 0 Å². The Morgan fingerprint density at radius 2 is 2.15 bits per heavy atom. The third-order valence-corrected chi connectivity index (χ3v) is 5.89. The van der Waals surface area contributed by atoms with Crippen LogP contribution in [0, 0.1) is 0 Å². The zero-order valence-electron chi connectivity index (χ0n) is 16.1. The van der Waals surface area contributed by atoms with E-state index in [9.17, 15) is 4.79 Å². The van der Waals surface area contributed by atoms with Crippen molar-refractivity contribution in [2.24, 2.45) is 0 Å². The van der Waals surface area contributed by atoms with Crippen LogP contribution in [-0.2, 0) is 26.1 Å². The van der Waals surface area contributed by atoms with E-state index >= 15 is 0 Å². The molecule has 0 saturated carbocycles. The molecule has 4 rings (SSSR count). The van der Waals surface area contributed by atoms with Gasteiger partial charge in [0.05, 0.1) is 0 Å². The summed E-state index contributed by atoms with van der Waals surface area (Å²) in [5, 5.41) is 13.7.